The molecule has 0 aromatic heterocycles. The van der Waals surface area contributed by atoms with Gasteiger partial charge in [0.05, 0.1) is 13.2 Å². The summed E-state index contributed by atoms with van der Waals surface area (Å²) in [6.07, 6.45) is 15.9. The van der Waals surface area contributed by atoms with Gasteiger partial charge in [-0.3, -0.25) is 14.7 Å². The molecule has 1 unspecified atom stereocenters. The van der Waals surface area contributed by atoms with Gasteiger partial charge in [0.15, 0.2) is 5.96 Å². The van der Waals surface area contributed by atoms with Crippen LogP contribution in [0.5, 0.6) is 0 Å². The fraction of sp³-hybridized carbons (Fsp3) is 0.864. The average Bonchev–Trinajstić information content (AvgIpc) is 2.92. The van der Waals surface area contributed by atoms with Crippen LogP contribution >= 0.6 is 0 Å². The van der Waals surface area contributed by atoms with E-state index in [0.717, 1.165) is 44.4 Å². The highest BCUT2D eigenvalue weighted by molar-refractivity contribution is 6.06. The van der Waals surface area contributed by atoms with E-state index in [4.69, 9.17) is 15.8 Å². The molecule has 3 rings (SSSR count). The standard InChI is InChI=1S/C22H38N4O2/c1-26-20(28)22(25-21(26)23,11-10-17-6-3-2-4-7-17)15-18-8-5-9-19(14-18)16-24-12-13-27/h16-19,27H,2-15H2,1H3,(H2,23,25)/t18-,19?,22+/m0/s1. The molecule has 6 nitrogen and oxygen atoms in total. The van der Waals surface area contributed by atoms with Gasteiger partial charge in [0, 0.05) is 13.3 Å². The number of guanidine groups is 1. The Balaban J connectivity index is 1.66. The number of hydrogen-bond acceptors (Lipinski definition) is 5. The first-order valence-electron chi connectivity index (χ1n) is 11.3. The molecule has 2 saturated carbocycles. The summed E-state index contributed by atoms with van der Waals surface area (Å²) in [5.41, 5.74) is 5.43. The molecular weight excluding hydrogens is 352 g/mol. The number of rotatable bonds is 8. The van der Waals surface area contributed by atoms with Crippen molar-refractivity contribution in [1.29, 1.82) is 0 Å². The lowest BCUT2D eigenvalue weighted by Gasteiger charge is -2.34. The molecule has 0 saturated heterocycles. The van der Waals surface area contributed by atoms with Crippen LogP contribution in [-0.4, -0.2) is 53.8 Å². The van der Waals surface area contributed by atoms with E-state index in [0.29, 0.717) is 24.3 Å². The van der Waals surface area contributed by atoms with Crippen molar-refractivity contribution in [3.63, 3.8) is 0 Å². The second kappa shape index (κ2) is 9.86. The lowest BCUT2D eigenvalue weighted by molar-refractivity contribution is -0.131. The lowest BCUT2D eigenvalue weighted by Crippen LogP contribution is -2.44. The zero-order valence-electron chi connectivity index (χ0n) is 17.5. The molecule has 3 N–H and O–H groups in total. The predicted molar refractivity (Wildman–Crippen MR) is 113 cm³/mol. The van der Waals surface area contributed by atoms with Crippen LogP contribution in [0.4, 0.5) is 0 Å². The summed E-state index contributed by atoms with van der Waals surface area (Å²) in [4.78, 5) is 23.8. The second-order valence-electron chi connectivity index (χ2n) is 9.18. The number of nitrogens with zero attached hydrogens (tertiary/aromatic N) is 3. The van der Waals surface area contributed by atoms with Crippen molar-refractivity contribution < 1.29 is 9.90 Å². The van der Waals surface area contributed by atoms with Crippen LogP contribution in [0.1, 0.15) is 77.0 Å². The number of aliphatic imine (C=N–C) groups is 2. The number of amides is 1. The van der Waals surface area contributed by atoms with E-state index in [1.165, 1.54) is 38.5 Å². The number of nitrogens with two attached hydrogens (primary N) is 1. The summed E-state index contributed by atoms with van der Waals surface area (Å²) in [6.45, 7) is 0.586. The highest BCUT2D eigenvalue weighted by Gasteiger charge is 2.47. The SMILES string of the molecule is CN1C(=O)[C@@](CCC2CCCCC2)(C[C@H]2CCCC(C=NCCO)C2)N=C1N. The molecule has 0 radical (unpaired) electrons. The lowest BCUT2D eigenvalue weighted by atomic mass is 9.73. The Hall–Kier alpha value is -1.43. The molecule has 3 aliphatic rings. The monoisotopic (exact) mass is 390 g/mol. The van der Waals surface area contributed by atoms with Gasteiger partial charge in [-0.25, -0.2) is 4.99 Å². The van der Waals surface area contributed by atoms with Crippen molar-refractivity contribution in [1.82, 2.24) is 4.90 Å². The van der Waals surface area contributed by atoms with Gasteiger partial charge in [0.25, 0.3) is 5.91 Å². The maximum absolute atomic E-state index is 13.2. The minimum atomic E-state index is -0.648. The van der Waals surface area contributed by atoms with Crippen LogP contribution in [0.3, 0.4) is 0 Å². The maximum Gasteiger partial charge on any atom is 0.257 e. The minimum Gasteiger partial charge on any atom is -0.394 e. The molecule has 2 aliphatic carbocycles. The molecule has 6 heteroatoms. The molecule has 1 heterocycles. The van der Waals surface area contributed by atoms with Gasteiger partial charge in [-0.15, -0.1) is 0 Å². The van der Waals surface area contributed by atoms with Gasteiger partial charge in [-0.1, -0.05) is 44.9 Å². The van der Waals surface area contributed by atoms with E-state index in [1.54, 1.807) is 11.9 Å². The molecule has 0 aromatic carbocycles. The molecule has 2 fully saturated rings. The summed E-state index contributed by atoms with van der Waals surface area (Å²) in [5, 5.41) is 8.93. The van der Waals surface area contributed by atoms with Crippen LogP contribution in [0, 0.1) is 17.8 Å². The van der Waals surface area contributed by atoms with Gasteiger partial charge in [0.2, 0.25) is 0 Å². The number of hydrogen-bond donors (Lipinski definition) is 2. The van der Waals surface area contributed by atoms with Crippen LogP contribution in [-0.2, 0) is 4.79 Å². The number of aliphatic hydroxyl groups excluding tert-OH is 1. The number of carbonyl (C=O) groups is 1. The molecule has 1 aliphatic heterocycles. The van der Waals surface area contributed by atoms with E-state index < -0.39 is 5.54 Å². The maximum atomic E-state index is 13.2. The van der Waals surface area contributed by atoms with E-state index in [-0.39, 0.29) is 12.5 Å². The molecule has 0 bridgehead atoms. The molecule has 0 aromatic rings. The summed E-state index contributed by atoms with van der Waals surface area (Å²) in [7, 11) is 1.76. The number of aliphatic hydroxyl groups is 1. The highest BCUT2D eigenvalue weighted by atomic mass is 16.3. The van der Waals surface area contributed by atoms with Crippen molar-refractivity contribution in [2.45, 2.75) is 82.6 Å². The molecule has 158 valence electrons. The number of carbonyl (C=O) groups excluding carboxylic acids is 1. The van der Waals surface area contributed by atoms with Crippen LogP contribution in [0.25, 0.3) is 0 Å². The Morgan fingerprint density at radius 1 is 1.21 bits per heavy atom. The van der Waals surface area contributed by atoms with Gasteiger partial charge < -0.3 is 10.8 Å². The topological polar surface area (TPSA) is 91.3 Å². The third-order valence-electron chi connectivity index (χ3n) is 7.06. The quantitative estimate of drug-likeness (QED) is 0.624. The molecule has 0 spiro atoms. The summed E-state index contributed by atoms with van der Waals surface area (Å²) in [6, 6.07) is 0. The van der Waals surface area contributed by atoms with E-state index in [9.17, 15) is 4.79 Å². The summed E-state index contributed by atoms with van der Waals surface area (Å²) >= 11 is 0. The third kappa shape index (κ3) is 5.13. The van der Waals surface area contributed by atoms with E-state index in [2.05, 4.69) is 4.99 Å². The predicted octanol–water partition coefficient (Wildman–Crippen LogP) is 3.13. The summed E-state index contributed by atoms with van der Waals surface area (Å²) in [5.74, 6) is 2.15. The Labute approximate surface area is 169 Å². The fourth-order valence-electron chi connectivity index (χ4n) is 5.49. The zero-order chi connectivity index (χ0) is 20.0. The summed E-state index contributed by atoms with van der Waals surface area (Å²) < 4.78 is 0. The van der Waals surface area contributed by atoms with Crippen molar-refractivity contribution in [2.75, 3.05) is 20.2 Å². The second-order valence-corrected chi connectivity index (χ2v) is 9.18. The normalized spacial score (nSPS) is 32.3. The van der Waals surface area contributed by atoms with Crippen LogP contribution in [0.2, 0.25) is 0 Å². The van der Waals surface area contributed by atoms with Gasteiger partial charge in [-0.05, 0) is 49.9 Å². The largest absolute Gasteiger partial charge is 0.394 e. The first kappa shape index (κ1) is 21.3. The smallest absolute Gasteiger partial charge is 0.257 e. The highest BCUT2D eigenvalue weighted by Crippen LogP contribution is 2.41. The minimum absolute atomic E-state index is 0.0943. The van der Waals surface area contributed by atoms with Crippen molar-refractivity contribution in [3.05, 3.63) is 0 Å². The molecule has 3 atom stereocenters. The first-order chi connectivity index (χ1) is 13.5. The van der Waals surface area contributed by atoms with Crippen molar-refractivity contribution >= 4 is 18.1 Å². The van der Waals surface area contributed by atoms with E-state index in [1.807, 2.05) is 6.21 Å². The first-order valence-corrected chi connectivity index (χ1v) is 11.3. The van der Waals surface area contributed by atoms with Gasteiger partial charge >= 0.3 is 0 Å². The molecular formula is C22H38N4O2. The Bertz CT molecular complexity index is 585. The Morgan fingerprint density at radius 2 is 1.96 bits per heavy atom. The number of likely N-dealkylation sites (N-methyl/N-ethyl adjacent to an activating group) is 1. The van der Waals surface area contributed by atoms with E-state index >= 15 is 0 Å². The average molecular weight is 391 g/mol. The Morgan fingerprint density at radius 3 is 2.64 bits per heavy atom. The zero-order valence-corrected chi connectivity index (χ0v) is 17.5. The van der Waals surface area contributed by atoms with Crippen molar-refractivity contribution in [3.8, 4) is 0 Å². The van der Waals surface area contributed by atoms with Crippen molar-refractivity contribution in [2.24, 2.45) is 33.5 Å². The van der Waals surface area contributed by atoms with Crippen LogP contribution < -0.4 is 5.73 Å². The van der Waals surface area contributed by atoms with Gasteiger partial charge in [0.1, 0.15) is 5.54 Å². The molecule has 1 amide bonds. The van der Waals surface area contributed by atoms with Gasteiger partial charge in [-0.2, -0.15) is 0 Å². The third-order valence-corrected chi connectivity index (χ3v) is 7.06. The fourth-order valence-corrected chi connectivity index (χ4v) is 5.49. The Kier molecular flexibility index (Phi) is 7.49. The molecule has 28 heavy (non-hydrogen) atoms. The van der Waals surface area contributed by atoms with Crippen LogP contribution in [0.15, 0.2) is 9.98 Å².